The molecule has 0 atom stereocenters. The van der Waals surface area contributed by atoms with Crippen molar-refractivity contribution in [3.8, 4) is 0 Å². The van der Waals surface area contributed by atoms with Crippen LogP contribution in [0, 0.1) is 0 Å². The molecule has 2 rings (SSSR count). The average Bonchev–Trinajstić information content (AvgIpc) is 2.97. The first kappa shape index (κ1) is 14.3. The number of nitrogens with zero attached hydrogens (tertiary/aromatic N) is 2. The maximum Gasteiger partial charge on any atom is 0.287 e. The number of halogens is 1. The van der Waals surface area contributed by atoms with Crippen molar-refractivity contribution in [2.45, 2.75) is 0 Å². The number of nitrogens with one attached hydrogen (secondary N) is 2. The van der Waals surface area contributed by atoms with Crippen molar-refractivity contribution >= 4 is 27.5 Å². The van der Waals surface area contributed by atoms with E-state index in [1.165, 1.54) is 10.9 Å². The molecular weight excluding hydrogens is 328 g/mol. The van der Waals surface area contributed by atoms with Crippen molar-refractivity contribution in [1.29, 1.82) is 0 Å². The second-order valence-electron chi connectivity index (χ2n) is 3.96. The lowest BCUT2D eigenvalue weighted by atomic mass is 10.4. The average molecular weight is 341 g/mol. The van der Waals surface area contributed by atoms with Gasteiger partial charge in [0.25, 0.3) is 11.5 Å². The van der Waals surface area contributed by atoms with E-state index in [0.717, 1.165) is 0 Å². The van der Waals surface area contributed by atoms with Gasteiger partial charge in [-0.15, -0.1) is 0 Å². The first-order chi connectivity index (χ1) is 9.59. The van der Waals surface area contributed by atoms with Gasteiger partial charge in [-0.1, -0.05) is 0 Å². The molecular formula is C12H13BrN4O3. The van der Waals surface area contributed by atoms with Gasteiger partial charge in [0.15, 0.2) is 5.76 Å². The van der Waals surface area contributed by atoms with Gasteiger partial charge in [0.05, 0.1) is 18.1 Å². The summed E-state index contributed by atoms with van der Waals surface area (Å²) >= 11 is 3.21. The molecule has 0 radical (unpaired) electrons. The Kier molecular flexibility index (Phi) is 4.57. The molecule has 0 aromatic carbocycles. The monoisotopic (exact) mass is 340 g/mol. The number of rotatable bonds is 5. The predicted octanol–water partition coefficient (Wildman–Crippen LogP) is 0.978. The Morgan fingerprint density at radius 3 is 3.00 bits per heavy atom. The zero-order valence-electron chi connectivity index (χ0n) is 10.7. The molecule has 2 N–H and O–H groups in total. The van der Waals surface area contributed by atoms with E-state index in [-0.39, 0.29) is 17.2 Å². The Balaban J connectivity index is 1.84. The Labute approximate surface area is 123 Å². The number of aromatic nitrogens is 2. The van der Waals surface area contributed by atoms with E-state index in [4.69, 9.17) is 4.42 Å². The van der Waals surface area contributed by atoms with E-state index in [2.05, 4.69) is 31.7 Å². The van der Waals surface area contributed by atoms with Gasteiger partial charge in [-0.25, -0.2) is 4.68 Å². The maximum absolute atomic E-state index is 11.6. The molecule has 7 nitrogen and oxygen atoms in total. The van der Waals surface area contributed by atoms with E-state index in [9.17, 15) is 9.59 Å². The summed E-state index contributed by atoms with van der Waals surface area (Å²) in [5.41, 5.74) is 0.356. The number of anilines is 1. The molecule has 0 saturated carbocycles. The first-order valence-electron chi connectivity index (χ1n) is 5.87. The molecule has 2 aromatic rings. The summed E-state index contributed by atoms with van der Waals surface area (Å²) in [6.07, 6.45) is 2.98. The Morgan fingerprint density at radius 1 is 1.50 bits per heavy atom. The van der Waals surface area contributed by atoms with Crippen molar-refractivity contribution in [1.82, 2.24) is 15.1 Å². The molecule has 2 aromatic heterocycles. The van der Waals surface area contributed by atoms with Gasteiger partial charge in [-0.3, -0.25) is 9.59 Å². The van der Waals surface area contributed by atoms with Crippen LogP contribution in [0.4, 0.5) is 5.69 Å². The highest BCUT2D eigenvalue weighted by Crippen LogP contribution is 2.14. The topological polar surface area (TPSA) is 89.2 Å². The fourth-order valence-corrected chi connectivity index (χ4v) is 2.00. The lowest BCUT2D eigenvalue weighted by Gasteiger charge is -2.09. The smallest absolute Gasteiger partial charge is 0.287 e. The summed E-state index contributed by atoms with van der Waals surface area (Å²) in [5.74, 6) is -0.0145. The molecule has 0 unspecified atom stereocenters. The van der Waals surface area contributed by atoms with Gasteiger partial charge in [0.1, 0.15) is 4.47 Å². The van der Waals surface area contributed by atoms with Crippen molar-refractivity contribution in [2.75, 3.05) is 18.4 Å². The third kappa shape index (κ3) is 3.27. The Bertz CT molecular complexity index is 651. The van der Waals surface area contributed by atoms with E-state index < -0.39 is 0 Å². The highest BCUT2D eigenvalue weighted by Gasteiger charge is 2.08. The van der Waals surface area contributed by atoms with Gasteiger partial charge < -0.3 is 15.1 Å². The number of aryl methyl sites for hydroxylation is 1. The summed E-state index contributed by atoms with van der Waals surface area (Å²) < 4.78 is 6.60. The number of hydrogen-bond acceptors (Lipinski definition) is 5. The zero-order chi connectivity index (χ0) is 14.5. The molecule has 0 saturated heterocycles. The quantitative estimate of drug-likeness (QED) is 0.792. The van der Waals surface area contributed by atoms with Crippen molar-refractivity contribution in [3.05, 3.63) is 45.2 Å². The summed E-state index contributed by atoms with van der Waals surface area (Å²) in [7, 11) is 1.57. The fraction of sp³-hybridized carbons (Fsp3) is 0.250. The van der Waals surface area contributed by atoms with Crippen LogP contribution in [0.1, 0.15) is 10.6 Å². The minimum atomic E-state index is -0.280. The second-order valence-corrected chi connectivity index (χ2v) is 4.75. The van der Waals surface area contributed by atoms with Crippen LogP contribution in [-0.2, 0) is 7.05 Å². The van der Waals surface area contributed by atoms with E-state index in [1.54, 1.807) is 25.4 Å². The molecule has 0 bridgehead atoms. The Morgan fingerprint density at radius 2 is 2.30 bits per heavy atom. The van der Waals surface area contributed by atoms with Crippen LogP contribution >= 0.6 is 15.9 Å². The predicted molar refractivity (Wildman–Crippen MR) is 76.7 cm³/mol. The molecule has 0 spiro atoms. The molecule has 0 aliphatic rings. The van der Waals surface area contributed by atoms with Gasteiger partial charge in [-0.2, -0.15) is 5.10 Å². The maximum atomic E-state index is 11.6. The summed E-state index contributed by atoms with van der Waals surface area (Å²) in [5, 5.41) is 9.60. The molecule has 0 fully saturated rings. The summed E-state index contributed by atoms with van der Waals surface area (Å²) in [6.45, 7) is 0.848. The number of carbonyl (C=O) groups is 1. The molecule has 106 valence electrons. The molecule has 0 aliphatic heterocycles. The van der Waals surface area contributed by atoms with Crippen LogP contribution in [0.2, 0.25) is 0 Å². The van der Waals surface area contributed by atoms with Gasteiger partial charge in [0.2, 0.25) is 0 Å². The molecule has 2 heterocycles. The SMILES string of the molecule is Cn1ncc(NCCNC(=O)c2ccco2)c(Br)c1=O. The lowest BCUT2D eigenvalue weighted by Crippen LogP contribution is -2.29. The third-order valence-corrected chi connectivity index (χ3v) is 3.32. The number of hydrogen-bond donors (Lipinski definition) is 2. The van der Waals surface area contributed by atoms with Crippen LogP contribution < -0.4 is 16.2 Å². The van der Waals surface area contributed by atoms with Crippen LogP contribution in [0.5, 0.6) is 0 Å². The summed E-state index contributed by atoms with van der Waals surface area (Å²) in [4.78, 5) is 23.2. The van der Waals surface area contributed by atoms with Crippen LogP contribution in [0.25, 0.3) is 0 Å². The number of amides is 1. The molecule has 8 heteroatoms. The van der Waals surface area contributed by atoms with E-state index in [0.29, 0.717) is 23.2 Å². The number of furan rings is 1. The highest BCUT2D eigenvalue weighted by molar-refractivity contribution is 9.10. The summed E-state index contributed by atoms with van der Waals surface area (Å²) in [6, 6.07) is 3.24. The van der Waals surface area contributed by atoms with Crippen LogP contribution in [-0.4, -0.2) is 28.8 Å². The fourth-order valence-electron chi connectivity index (χ4n) is 1.50. The molecule has 20 heavy (non-hydrogen) atoms. The number of carbonyl (C=O) groups excluding carboxylic acids is 1. The van der Waals surface area contributed by atoms with E-state index in [1.807, 2.05) is 0 Å². The normalized spacial score (nSPS) is 10.3. The van der Waals surface area contributed by atoms with Crippen molar-refractivity contribution in [3.63, 3.8) is 0 Å². The van der Waals surface area contributed by atoms with Crippen LogP contribution in [0.15, 0.2) is 38.3 Å². The molecule has 0 aliphatic carbocycles. The van der Waals surface area contributed by atoms with Crippen molar-refractivity contribution < 1.29 is 9.21 Å². The second kappa shape index (κ2) is 6.38. The minimum Gasteiger partial charge on any atom is -0.459 e. The van der Waals surface area contributed by atoms with Gasteiger partial charge >= 0.3 is 0 Å². The third-order valence-electron chi connectivity index (χ3n) is 2.55. The Hall–Kier alpha value is -2.09. The minimum absolute atomic E-state index is 0.227. The van der Waals surface area contributed by atoms with Gasteiger partial charge in [0, 0.05) is 20.1 Å². The van der Waals surface area contributed by atoms with Crippen LogP contribution in [0.3, 0.4) is 0 Å². The zero-order valence-corrected chi connectivity index (χ0v) is 12.3. The first-order valence-corrected chi connectivity index (χ1v) is 6.66. The van der Waals surface area contributed by atoms with Gasteiger partial charge in [-0.05, 0) is 28.1 Å². The lowest BCUT2D eigenvalue weighted by molar-refractivity contribution is 0.0927. The van der Waals surface area contributed by atoms with E-state index >= 15 is 0 Å². The largest absolute Gasteiger partial charge is 0.459 e. The molecule has 1 amide bonds. The standard InChI is InChI=1S/C12H13BrN4O3/c1-17-12(19)10(13)8(7-16-17)14-4-5-15-11(18)9-3-2-6-20-9/h2-3,6-7,14H,4-5H2,1H3,(H,15,18). The highest BCUT2D eigenvalue weighted by atomic mass is 79.9. The van der Waals surface area contributed by atoms with Crippen molar-refractivity contribution in [2.24, 2.45) is 7.05 Å².